The maximum absolute atomic E-state index is 13.8. The van der Waals surface area contributed by atoms with Gasteiger partial charge in [0.1, 0.15) is 18.1 Å². The summed E-state index contributed by atoms with van der Waals surface area (Å²) in [5.41, 5.74) is 1.38. The Balaban J connectivity index is 1.58. The molecule has 1 fully saturated rings. The van der Waals surface area contributed by atoms with Crippen LogP contribution in [0.5, 0.6) is 5.75 Å². The van der Waals surface area contributed by atoms with Crippen molar-refractivity contribution in [3.8, 4) is 5.75 Å². The summed E-state index contributed by atoms with van der Waals surface area (Å²) in [6, 6.07) is 14.1. The average molecular weight is 329 g/mol. The second kappa shape index (κ2) is 7.45. The number of carbonyl (C=O) groups is 1. The van der Waals surface area contributed by atoms with E-state index in [1.807, 2.05) is 35.2 Å². The Labute approximate surface area is 141 Å². The van der Waals surface area contributed by atoms with Gasteiger partial charge in [0.15, 0.2) is 0 Å². The van der Waals surface area contributed by atoms with E-state index in [4.69, 9.17) is 4.74 Å². The molecule has 24 heavy (non-hydrogen) atoms. The Morgan fingerprint density at radius 3 is 2.62 bits per heavy atom. The maximum atomic E-state index is 13.8. The van der Waals surface area contributed by atoms with Gasteiger partial charge in [0.25, 0.3) is 5.91 Å². The van der Waals surface area contributed by atoms with Crippen LogP contribution in [0.1, 0.15) is 15.9 Å². The lowest BCUT2D eigenvalue weighted by Crippen LogP contribution is -3.13. The molecule has 1 aliphatic heterocycles. The lowest BCUT2D eigenvalue weighted by Gasteiger charge is -2.32. The van der Waals surface area contributed by atoms with Crippen LogP contribution in [0.25, 0.3) is 0 Å². The second-order valence-corrected chi connectivity index (χ2v) is 6.04. The summed E-state index contributed by atoms with van der Waals surface area (Å²) in [5, 5.41) is 0. The molecule has 4 nitrogen and oxygen atoms in total. The van der Waals surface area contributed by atoms with Crippen molar-refractivity contribution in [2.24, 2.45) is 0 Å². The summed E-state index contributed by atoms with van der Waals surface area (Å²) in [7, 11) is 1.59. The fraction of sp³-hybridized carbons (Fsp3) is 0.316. The molecule has 0 aromatic heterocycles. The highest BCUT2D eigenvalue weighted by Crippen LogP contribution is 2.14. The smallest absolute Gasteiger partial charge is 0.254 e. The minimum Gasteiger partial charge on any atom is -0.497 e. The van der Waals surface area contributed by atoms with Gasteiger partial charge in [-0.15, -0.1) is 0 Å². The zero-order valence-corrected chi connectivity index (χ0v) is 13.8. The molecule has 0 atom stereocenters. The highest BCUT2D eigenvalue weighted by atomic mass is 19.1. The van der Waals surface area contributed by atoms with Gasteiger partial charge in [0.05, 0.1) is 33.3 Å². The standard InChI is InChI=1S/C19H21FN2O2/c1-24-17-7-4-6-15(13-17)19(23)22-11-9-21(10-12-22)14-16-5-2-3-8-18(16)20/h2-8,13H,9-12,14H2,1H3/p+1. The van der Waals surface area contributed by atoms with Crippen LogP contribution in [0.3, 0.4) is 0 Å². The highest BCUT2D eigenvalue weighted by molar-refractivity contribution is 5.94. The normalized spacial score (nSPS) is 15.3. The molecule has 3 rings (SSSR count). The summed E-state index contributed by atoms with van der Waals surface area (Å²) < 4.78 is 18.9. The van der Waals surface area contributed by atoms with E-state index >= 15 is 0 Å². The van der Waals surface area contributed by atoms with Gasteiger partial charge in [-0.25, -0.2) is 4.39 Å². The molecule has 5 heteroatoms. The van der Waals surface area contributed by atoms with Gasteiger partial charge < -0.3 is 14.5 Å². The Hall–Kier alpha value is -2.40. The Bertz CT molecular complexity index is 712. The molecular formula is C19H22FN2O2+. The molecule has 2 aromatic carbocycles. The first-order valence-corrected chi connectivity index (χ1v) is 8.17. The first-order valence-electron chi connectivity index (χ1n) is 8.17. The van der Waals surface area contributed by atoms with E-state index in [1.165, 1.54) is 11.0 Å². The van der Waals surface area contributed by atoms with Crippen molar-refractivity contribution in [1.29, 1.82) is 0 Å². The van der Waals surface area contributed by atoms with Crippen molar-refractivity contribution in [3.63, 3.8) is 0 Å². The summed E-state index contributed by atoms with van der Waals surface area (Å²) in [6.45, 7) is 3.67. The van der Waals surface area contributed by atoms with Crippen molar-refractivity contribution in [2.75, 3.05) is 33.3 Å². The first kappa shape index (κ1) is 16.5. The number of carbonyl (C=O) groups excluding carboxylic acids is 1. The Kier molecular flexibility index (Phi) is 5.11. The topological polar surface area (TPSA) is 34.0 Å². The fourth-order valence-corrected chi connectivity index (χ4v) is 3.05. The van der Waals surface area contributed by atoms with E-state index in [-0.39, 0.29) is 11.7 Å². The number of hydrogen-bond acceptors (Lipinski definition) is 2. The van der Waals surface area contributed by atoms with E-state index in [1.54, 1.807) is 19.2 Å². The summed E-state index contributed by atoms with van der Waals surface area (Å²) in [5.74, 6) is 0.559. The molecule has 1 saturated heterocycles. The first-order chi connectivity index (χ1) is 11.7. The van der Waals surface area contributed by atoms with Gasteiger partial charge in [0, 0.05) is 11.1 Å². The summed E-state index contributed by atoms with van der Waals surface area (Å²) >= 11 is 0. The summed E-state index contributed by atoms with van der Waals surface area (Å²) in [4.78, 5) is 15.7. The molecule has 126 valence electrons. The molecular weight excluding hydrogens is 307 g/mol. The number of nitrogens with zero attached hydrogens (tertiary/aromatic N) is 1. The maximum Gasteiger partial charge on any atom is 0.254 e. The predicted octanol–water partition coefficient (Wildman–Crippen LogP) is 1.38. The van der Waals surface area contributed by atoms with Crippen molar-refractivity contribution in [2.45, 2.75) is 6.54 Å². The number of rotatable bonds is 4. The molecule has 1 heterocycles. The van der Waals surface area contributed by atoms with Gasteiger partial charge in [-0.1, -0.05) is 24.3 Å². The predicted molar refractivity (Wildman–Crippen MR) is 89.7 cm³/mol. The SMILES string of the molecule is COc1cccc(C(=O)N2CC[NH+](Cc3ccccc3F)CC2)c1. The zero-order valence-electron chi connectivity index (χ0n) is 13.8. The number of benzene rings is 2. The molecule has 0 spiro atoms. The average Bonchev–Trinajstić information content (AvgIpc) is 2.64. The van der Waals surface area contributed by atoms with Gasteiger partial charge in [-0.05, 0) is 24.3 Å². The fourth-order valence-electron chi connectivity index (χ4n) is 3.05. The number of methoxy groups -OCH3 is 1. The largest absolute Gasteiger partial charge is 0.497 e. The van der Waals surface area contributed by atoms with Crippen molar-refractivity contribution < 1.29 is 18.8 Å². The van der Waals surface area contributed by atoms with E-state index in [0.717, 1.165) is 18.7 Å². The molecule has 0 unspecified atom stereocenters. The van der Waals surface area contributed by atoms with Crippen LogP contribution in [0.2, 0.25) is 0 Å². The molecule has 0 saturated carbocycles. The highest BCUT2D eigenvalue weighted by Gasteiger charge is 2.25. The van der Waals surface area contributed by atoms with Gasteiger partial charge in [-0.2, -0.15) is 0 Å². The molecule has 1 N–H and O–H groups in total. The van der Waals surface area contributed by atoms with Crippen molar-refractivity contribution in [3.05, 3.63) is 65.5 Å². The van der Waals surface area contributed by atoms with Gasteiger partial charge in [-0.3, -0.25) is 4.79 Å². The molecule has 2 aromatic rings. The van der Waals surface area contributed by atoms with Crippen LogP contribution in [0.4, 0.5) is 4.39 Å². The second-order valence-electron chi connectivity index (χ2n) is 6.04. The van der Waals surface area contributed by atoms with Crippen molar-refractivity contribution >= 4 is 5.91 Å². The molecule has 1 aliphatic rings. The quantitative estimate of drug-likeness (QED) is 0.919. The van der Waals surface area contributed by atoms with E-state index in [0.29, 0.717) is 30.9 Å². The Morgan fingerprint density at radius 1 is 1.17 bits per heavy atom. The molecule has 0 radical (unpaired) electrons. The van der Waals surface area contributed by atoms with E-state index < -0.39 is 0 Å². The zero-order chi connectivity index (χ0) is 16.9. The molecule has 0 aliphatic carbocycles. The third kappa shape index (κ3) is 3.74. The monoisotopic (exact) mass is 329 g/mol. The number of ether oxygens (including phenoxy) is 1. The third-order valence-electron chi connectivity index (χ3n) is 4.47. The number of halogens is 1. The number of piperazine rings is 1. The minimum absolute atomic E-state index is 0.0267. The molecule has 0 bridgehead atoms. The van der Waals surface area contributed by atoms with Gasteiger partial charge >= 0.3 is 0 Å². The van der Waals surface area contributed by atoms with E-state index in [9.17, 15) is 9.18 Å². The lowest BCUT2D eigenvalue weighted by atomic mass is 10.1. The number of hydrogen-bond donors (Lipinski definition) is 1. The lowest BCUT2D eigenvalue weighted by molar-refractivity contribution is -0.917. The number of nitrogens with one attached hydrogen (secondary N) is 1. The van der Waals surface area contributed by atoms with Gasteiger partial charge in [0.2, 0.25) is 0 Å². The molecule has 1 amide bonds. The number of amides is 1. The van der Waals surface area contributed by atoms with Crippen LogP contribution in [0.15, 0.2) is 48.5 Å². The van der Waals surface area contributed by atoms with Crippen LogP contribution < -0.4 is 9.64 Å². The van der Waals surface area contributed by atoms with Crippen LogP contribution >= 0.6 is 0 Å². The van der Waals surface area contributed by atoms with E-state index in [2.05, 4.69) is 0 Å². The minimum atomic E-state index is -0.153. The van der Waals surface area contributed by atoms with Crippen LogP contribution in [-0.2, 0) is 6.54 Å². The Morgan fingerprint density at radius 2 is 1.92 bits per heavy atom. The third-order valence-corrected chi connectivity index (χ3v) is 4.47. The summed E-state index contributed by atoms with van der Waals surface area (Å²) in [6.07, 6.45) is 0. The van der Waals surface area contributed by atoms with Crippen LogP contribution in [0, 0.1) is 5.82 Å². The number of quaternary nitrogens is 1. The van der Waals surface area contributed by atoms with Crippen molar-refractivity contribution in [1.82, 2.24) is 4.90 Å². The van der Waals surface area contributed by atoms with Crippen LogP contribution in [-0.4, -0.2) is 44.1 Å².